The fraction of sp³-hybridized carbons (Fsp3) is 0.667. The molecule has 0 aliphatic carbocycles. The summed E-state index contributed by atoms with van der Waals surface area (Å²) >= 11 is 4.09. The quantitative estimate of drug-likeness (QED) is 0.0116. The highest BCUT2D eigenvalue weighted by Crippen LogP contribution is 2.12. The highest BCUT2D eigenvalue weighted by atomic mass is 32.1. The van der Waals surface area contributed by atoms with E-state index in [0.29, 0.717) is 6.42 Å². The molecule has 0 aliphatic rings. The maximum Gasteiger partial charge on any atom is 0.243 e. The number of carbonyl (C=O) groups is 11. The number of primary amides is 1. The van der Waals surface area contributed by atoms with Crippen molar-refractivity contribution in [2.24, 2.45) is 51.6 Å². The highest BCUT2D eigenvalue weighted by Gasteiger charge is 2.36. The van der Waals surface area contributed by atoms with Gasteiger partial charge in [-0.1, -0.05) is 6.42 Å². The van der Waals surface area contributed by atoms with Crippen LogP contribution in [0.25, 0.3) is 0 Å². The minimum absolute atomic E-state index is 0.0135. The van der Waals surface area contributed by atoms with Gasteiger partial charge in [0.1, 0.15) is 54.4 Å². The molecular weight excluding hydrogens is 1370 g/mol. The molecule has 582 valence electrons. The van der Waals surface area contributed by atoms with Crippen molar-refractivity contribution in [3.8, 4) is 0 Å². The summed E-state index contributed by atoms with van der Waals surface area (Å²) in [6, 6.07) is -13.2. The second kappa shape index (κ2) is 52.8. The number of carbonyl (C=O) groups excluding carboxylic acids is 11. The largest absolute Gasteiger partial charge is 0.388 e. The Kier molecular flexibility index (Phi) is 47.1. The Morgan fingerprint density at radius 3 is 0.689 bits per heavy atom. The predicted molar refractivity (Wildman–Crippen MR) is 388 cm³/mol. The lowest BCUT2D eigenvalue weighted by molar-refractivity contribution is -0.136. The first-order chi connectivity index (χ1) is 48.6. The van der Waals surface area contributed by atoms with E-state index in [4.69, 9.17) is 94.9 Å². The first-order valence-electron chi connectivity index (χ1n) is 33.3. The Morgan fingerprint density at radius 1 is 0.282 bits per heavy atom. The second-order valence-corrected chi connectivity index (χ2v) is 24.0. The molecule has 43 N–H and O–H groups in total. The molecule has 45 nitrogen and oxygen atoms in total. The third-order valence-corrected chi connectivity index (χ3v) is 15.1. The summed E-state index contributed by atoms with van der Waals surface area (Å²) < 4.78 is 0. The molecule has 11 amide bonds. The molecule has 0 aliphatic heterocycles. The van der Waals surface area contributed by atoms with E-state index in [9.17, 15) is 52.7 Å². The Labute approximate surface area is 602 Å². The van der Waals surface area contributed by atoms with Gasteiger partial charge in [0.05, 0.1) is 12.4 Å². The number of amidine groups is 1. The number of nitrogens with two attached hydrogens (primary N) is 9. The summed E-state index contributed by atoms with van der Waals surface area (Å²) in [4.78, 5) is 153. The maximum atomic E-state index is 14.9. The zero-order chi connectivity index (χ0) is 78.0. The third-order valence-electron chi connectivity index (χ3n) is 14.8. The first kappa shape index (κ1) is 91.9. The molecule has 0 saturated carbocycles. The second-order valence-electron chi connectivity index (χ2n) is 23.6. The van der Waals surface area contributed by atoms with E-state index in [2.05, 4.69) is 103 Å². The van der Waals surface area contributed by atoms with E-state index in [1.807, 2.05) is 0 Å². The van der Waals surface area contributed by atoms with Crippen LogP contribution in [0.2, 0.25) is 0 Å². The van der Waals surface area contributed by atoms with Crippen LogP contribution >= 0.6 is 12.6 Å². The summed E-state index contributed by atoms with van der Waals surface area (Å²) in [7, 11) is 0. The van der Waals surface area contributed by atoms with Crippen LogP contribution in [0.1, 0.15) is 129 Å². The van der Waals surface area contributed by atoms with E-state index in [1.165, 1.54) is 6.92 Å². The van der Waals surface area contributed by atoms with Crippen LogP contribution in [0.3, 0.4) is 0 Å². The summed E-state index contributed by atoms with van der Waals surface area (Å²) in [6.45, 7) is 0.879. The van der Waals surface area contributed by atoms with Crippen LogP contribution in [0.4, 0.5) is 0 Å². The summed E-state index contributed by atoms with van der Waals surface area (Å²) in [6.07, 6.45) is 0.211. The molecule has 9 atom stereocenters. The van der Waals surface area contributed by atoms with Gasteiger partial charge >= 0.3 is 0 Å². The first-order valence-corrected chi connectivity index (χ1v) is 33.9. The van der Waals surface area contributed by atoms with Crippen molar-refractivity contribution in [3.05, 3.63) is 0 Å². The molecule has 0 unspecified atom stereocenters. The van der Waals surface area contributed by atoms with E-state index < -0.39 is 156 Å². The molecule has 0 fully saturated rings. The monoisotopic (exact) mass is 1480 g/mol. The van der Waals surface area contributed by atoms with Gasteiger partial charge in [0, 0.05) is 64.9 Å². The number of guanidine groups is 7. The fourth-order valence-corrected chi connectivity index (χ4v) is 9.79. The SMILES string of the molecule is CC(=O)NCC(=O)N[C@H](CCCNC(=N)N)C(=O)N[C@H](CCCNC(=N)N)C(=O)N[C@H](CCCCNC(=N)N)C(=O)N[C@H](CCCNC(=N)N)C(=O)N[C@H](CCCNC(=N)N)C(=O)N[C@H](CCCNC(=N)N)C(=O)N[C@H](CCCNC(=N)N)C(=O)N[C@H](CCCCC(=N)N)C(=O)N[C@H](CS)C(N)=O. The van der Waals surface area contributed by atoms with E-state index in [-0.39, 0.29) is 185 Å². The molecule has 0 rings (SSSR count). The predicted octanol–water partition coefficient (Wildman–Crippen LogP) is -10.4. The van der Waals surface area contributed by atoms with Crippen molar-refractivity contribution < 1.29 is 52.7 Å². The smallest absolute Gasteiger partial charge is 0.243 e. The van der Waals surface area contributed by atoms with E-state index in [0.717, 1.165) is 0 Å². The van der Waals surface area contributed by atoms with Crippen molar-refractivity contribution in [1.29, 1.82) is 43.3 Å². The van der Waals surface area contributed by atoms with Crippen molar-refractivity contribution in [2.45, 2.75) is 183 Å². The maximum absolute atomic E-state index is 14.9. The lowest BCUT2D eigenvalue weighted by Gasteiger charge is -2.28. The average molecular weight is 1480 g/mol. The van der Waals surface area contributed by atoms with Gasteiger partial charge in [0.2, 0.25) is 65.0 Å². The number of amides is 11. The van der Waals surface area contributed by atoms with Crippen LogP contribution in [-0.2, 0) is 52.7 Å². The number of rotatable bonds is 55. The molecule has 0 aromatic heterocycles. The van der Waals surface area contributed by atoms with Crippen LogP contribution in [0.5, 0.6) is 0 Å². The summed E-state index contributed by atoms with van der Waals surface area (Å²) in [5.74, 6) is -12.9. The van der Waals surface area contributed by atoms with Crippen LogP contribution in [-0.4, -0.2) is 225 Å². The van der Waals surface area contributed by atoms with E-state index >= 15 is 0 Å². The lowest BCUT2D eigenvalue weighted by atomic mass is 10.0. The normalized spacial score (nSPS) is 13.2. The molecule has 0 bridgehead atoms. The topological polar surface area (TPSA) is 817 Å². The van der Waals surface area contributed by atoms with Crippen molar-refractivity contribution in [1.82, 2.24) is 90.4 Å². The van der Waals surface area contributed by atoms with Crippen molar-refractivity contribution in [3.63, 3.8) is 0 Å². The zero-order valence-electron chi connectivity index (χ0n) is 58.1. The molecule has 103 heavy (non-hydrogen) atoms. The molecule has 0 spiro atoms. The fourth-order valence-electron chi connectivity index (χ4n) is 9.52. The number of nitrogens with one attached hydrogen (secondary N) is 25. The Balaban J connectivity index is 7.84. The number of thiol groups is 1. The minimum atomic E-state index is -1.59. The van der Waals surface area contributed by atoms with Gasteiger partial charge in [-0.3, -0.25) is 96.0 Å². The number of hydrogen-bond donors (Lipinski definition) is 35. The molecule has 46 heteroatoms. The van der Waals surface area contributed by atoms with Gasteiger partial charge in [0.15, 0.2) is 41.7 Å². The van der Waals surface area contributed by atoms with Gasteiger partial charge in [-0.15, -0.1) is 0 Å². The standard InChI is InChI=1S/C57H112N34O11S/c1-30(92)82-28-41(93)83-31(14-6-22-76-52(63)64)43(95)86-34(15-7-23-77-53(65)66)45(97)85-33(13-4-5-21-75-51(61)62)44(96)87-36(17-9-25-79-55(69)70)47(99)89-38(19-11-27-81-57(73)74)49(101)90-37(18-10-26-80-56(71)72)48(100)88-35(16-8-24-78-54(67)68)46(98)84-32(12-2-3-20-40(58)59)50(102)91-39(29-103)42(60)94/h31-39,103H,2-29H2,1H3,(H3,58,59)(H2,60,94)(H,82,92)(H,83,93)(H,84,98)(H,85,97)(H,86,95)(H,87,96)(H,88,100)(H,89,99)(H,90,101)(H,91,102)(H4,61,62,75)(H4,63,64,76)(H4,65,66,77)(H4,67,68,78)(H4,69,70,79)(H4,71,72,80)(H4,73,74,81)/t31-,32-,33-,34-,35-,36-,37-,38-,39-/m1/s1. The van der Waals surface area contributed by atoms with E-state index in [1.54, 1.807) is 0 Å². The number of hydrogen-bond acceptors (Lipinski definition) is 20. The third kappa shape index (κ3) is 46.0. The summed E-state index contributed by atoms with van der Waals surface area (Å²) in [5, 5.41) is 105. The van der Waals surface area contributed by atoms with Gasteiger partial charge in [0.25, 0.3) is 0 Å². The van der Waals surface area contributed by atoms with Crippen molar-refractivity contribution >= 4 is 125 Å². The highest BCUT2D eigenvalue weighted by molar-refractivity contribution is 7.80. The molecule has 0 heterocycles. The molecule has 0 radical (unpaired) electrons. The average Bonchev–Trinajstić information content (AvgIpc) is 0.870. The molecule has 0 aromatic rings. The van der Waals surface area contributed by atoms with Gasteiger partial charge in [-0.25, -0.2) is 0 Å². The zero-order valence-corrected chi connectivity index (χ0v) is 59.0. The molecule has 0 saturated heterocycles. The van der Waals surface area contributed by atoms with Gasteiger partial charge in [-0.2, -0.15) is 12.6 Å². The number of unbranched alkanes of at least 4 members (excludes halogenated alkanes) is 2. The van der Waals surface area contributed by atoms with Crippen LogP contribution < -0.4 is 142 Å². The van der Waals surface area contributed by atoms with Gasteiger partial charge in [-0.05, 0) is 109 Å². The Bertz CT molecular complexity index is 2870. The Hall–Kier alpha value is -11.1. The van der Waals surface area contributed by atoms with Crippen LogP contribution in [0, 0.1) is 43.3 Å². The van der Waals surface area contributed by atoms with Gasteiger partial charge < -0.3 is 142 Å². The summed E-state index contributed by atoms with van der Waals surface area (Å²) in [5.41, 5.74) is 49.6. The Morgan fingerprint density at radius 2 is 0.485 bits per heavy atom. The lowest BCUT2D eigenvalue weighted by Crippen LogP contribution is -2.60. The van der Waals surface area contributed by atoms with Crippen LogP contribution in [0.15, 0.2) is 0 Å². The molecule has 0 aromatic carbocycles. The molecular formula is C57H112N34O11S. The minimum Gasteiger partial charge on any atom is -0.388 e. The van der Waals surface area contributed by atoms with Crippen molar-refractivity contribution in [2.75, 3.05) is 58.1 Å².